The Morgan fingerprint density at radius 2 is 1.77 bits per heavy atom. The van der Waals surface area contributed by atoms with Gasteiger partial charge in [0.15, 0.2) is 11.7 Å². The quantitative estimate of drug-likeness (QED) is 0.632. The number of guanidine groups is 2. The molecule has 0 aromatic heterocycles. The lowest BCUT2D eigenvalue weighted by molar-refractivity contribution is 0.247. The van der Waals surface area contributed by atoms with Gasteiger partial charge in [-0.25, -0.2) is 9.98 Å². The summed E-state index contributed by atoms with van der Waals surface area (Å²) in [6.45, 7) is 2.40. The fourth-order valence-corrected chi connectivity index (χ4v) is 2.65. The largest absolute Gasteiger partial charge is 0.493 e. The van der Waals surface area contributed by atoms with Crippen LogP contribution in [0.15, 0.2) is 70.6 Å². The number of hydrogen-bond acceptors (Lipinski definition) is 5. The molecule has 1 aliphatic heterocycles. The molecule has 0 saturated carbocycles. The molecule has 0 amide bonds. The molecule has 1 aliphatic rings. The lowest BCUT2D eigenvalue weighted by atomic mass is 10.1. The monoisotopic (exact) mass is 352 g/mol. The minimum atomic E-state index is -1.07. The zero-order valence-electron chi connectivity index (χ0n) is 14.7. The van der Waals surface area contributed by atoms with E-state index in [1.807, 2.05) is 67.6 Å². The molecular weight excluding hydrogens is 328 g/mol. The highest BCUT2D eigenvalue weighted by molar-refractivity contribution is 6.00. The highest BCUT2D eigenvalue weighted by atomic mass is 16.5. The van der Waals surface area contributed by atoms with Gasteiger partial charge in [-0.2, -0.15) is 0 Å². The minimum Gasteiger partial charge on any atom is -0.493 e. The van der Waals surface area contributed by atoms with Crippen molar-refractivity contribution in [1.29, 1.82) is 0 Å². The summed E-state index contributed by atoms with van der Waals surface area (Å²) in [5.74, 6) is 0.439. The van der Waals surface area contributed by atoms with Crippen LogP contribution in [0.3, 0.4) is 0 Å². The molecule has 0 fully saturated rings. The zero-order chi connectivity index (χ0) is 18.4. The number of para-hydroxylation sites is 1. The van der Waals surface area contributed by atoms with Gasteiger partial charge in [0.2, 0.25) is 5.96 Å². The van der Waals surface area contributed by atoms with Gasteiger partial charge in [0.25, 0.3) is 0 Å². The zero-order valence-corrected chi connectivity index (χ0v) is 14.7. The fraction of sp³-hybridized carbons (Fsp3) is 0.263. The van der Waals surface area contributed by atoms with Crippen LogP contribution in [0.5, 0.6) is 5.75 Å². The first-order chi connectivity index (χ1) is 12.5. The lowest BCUT2D eigenvalue weighted by Crippen LogP contribution is -2.65. The molecule has 6 N–H and O–H groups in total. The van der Waals surface area contributed by atoms with Crippen LogP contribution in [0.25, 0.3) is 0 Å². The molecule has 1 unspecified atom stereocenters. The molecule has 0 saturated heterocycles. The molecule has 2 aromatic carbocycles. The smallest absolute Gasteiger partial charge is 0.201 e. The van der Waals surface area contributed by atoms with Crippen LogP contribution in [-0.2, 0) is 0 Å². The molecular formula is C19H24N6O. The van der Waals surface area contributed by atoms with Crippen LogP contribution in [0, 0.1) is 0 Å². The van der Waals surface area contributed by atoms with Gasteiger partial charge in [-0.3, -0.25) is 11.1 Å². The highest BCUT2D eigenvalue weighted by Gasteiger charge is 2.30. The van der Waals surface area contributed by atoms with E-state index in [4.69, 9.17) is 16.2 Å². The molecule has 2 atom stereocenters. The molecule has 7 nitrogen and oxygen atoms in total. The maximum absolute atomic E-state index is 6.34. The second-order valence-corrected chi connectivity index (χ2v) is 6.15. The van der Waals surface area contributed by atoms with E-state index in [9.17, 15) is 0 Å². The molecule has 136 valence electrons. The Kier molecular flexibility index (Phi) is 5.38. The van der Waals surface area contributed by atoms with Gasteiger partial charge in [-0.1, -0.05) is 48.5 Å². The highest BCUT2D eigenvalue weighted by Crippen LogP contribution is 2.17. The predicted molar refractivity (Wildman–Crippen MR) is 104 cm³/mol. The molecule has 2 aromatic rings. The van der Waals surface area contributed by atoms with Crippen molar-refractivity contribution in [2.75, 3.05) is 6.61 Å². The van der Waals surface area contributed by atoms with Crippen LogP contribution in [0.2, 0.25) is 0 Å². The van der Waals surface area contributed by atoms with Crippen LogP contribution >= 0.6 is 0 Å². The molecule has 0 aliphatic carbocycles. The van der Waals surface area contributed by atoms with E-state index >= 15 is 0 Å². The van der Waals surface area contributed by atoms with Crippen LogP contribution in [0.4, 0.5) is 0 Å². The van der Waals surface area contributed by atoms with E-state index in [1.165, 1.54) is 0 Å². The van der Waals surface area contributed by atoms with E-state index in [2.05, 4.69) is 20.6 Å². The number of ether oxygens (including phenoxy) is 1. The third-order valence-electron chi connectivity index (χ3n) is 4.00. The SMILES string of the molecule is C[C@H](N=C1NC(N)=NC(N)(CCOc2ccccc2)N1)c1ccccc1. The summed E-state index contributed by atoms with van der Waals surface area (Å²) in [5, 5.41) is 6.04. The first-order valence-electron chi connectivity index (χ1n) is 8.54. The number of benzene rings is 2. The van der Waals surface area contributed by atoms with Gasteiger partial charge >= 0.3 is 0 Å². The van der Waals surface area contributed by atoms with Crippen molar-refractivity contribution in [3.8, 4) is 5.75 Å². The fourth-order valence-electron chi connectivity index (χ4n) is 2.65. The van der Waals surface area contributed by atoms with E-state index in [0.29, 0.717) is 19.0 Å². The maximum atomic E-state index is 6.34. The summed E-state index contributed by atoms with van der Waals surface area (Å²) in [6.07, 6.45) is 0.434. The molecule has 0 bridgehead atoms. The van der Waals surface area contributed by atoms with Crippen molar-refractivity contribution in [2.24, 2.45) is 21.5 Å². The number of nitrogens with two attached hydrogens (primary N) is 2. The minimum absolute atomic E-state index is 0.0538. The first kappa shape index (κ1) is 17.8. The van der Waals surface area contributed by atoms with Crippen molar-refractivity contribution in [1.82, 2.24) is 10.6 Å². The third kappa shape index (κ3) is 4.73. The molecule has 3 rings (SSSR count). The third-order valence-corrected chi connectivity index (χ3v) is 4.00. The Balaban J connectivity index is 1.64. The van der Waals surface area contributed by atoms with Gasteiger partial charge in [-0.15, -0.1) is 0 Å². The normalized spacial score (nSPS) is 22.1. The standard InChI is InChI=1S/C19H24N6O/c1-14(15-8-4-2-5-9-15)22-18-23-17(20)24-19(21,25-18)12-13-26-16-10-6-3-7-11-16/h2-11,14H,12-13,21H2,1H3,(H4,20,22,23,24,25)/t14-,19?/m0/s1. The Morgan fingerprint density at radius 1 is 1.12 bits per heavy atom. The summed E-state index contributed by atoms with van der Waals surface area (Å²) in [7, 11) is 0. The van der Waals surface area contributed by atoms with Crippen molar-refractivity contribution in [3.63, 3.8) is 0 Å². The number of nitrogens with one attached hydrogen (secondary N) is 2. The van der Waals surface area contributed by atoms with Crippen molar-refractivity contribution in [2.45, 2.75) is 25.2 Å². The Labute approximate surface area is 153 Å². The Hall–Kier alpha value is -3.06. The second kappa shape index (κ2) is 7.88. The van der Waals surface area contributed by atoms with Gasteiger partial charge in [0.1, 0.15) is 5.75 Å². The average Bonchev–Trinajstić information content (AvgIpc) is 2.62. The topological polar surface area (TPSA) is 110 Å². The summed E-state index contributed by atoms with van der Waals surface area (Å²) in [5.41, 5.74) is 13.3. The van der Waals surface area contributed by atoms with Crippen molar-refractivity contribution in [3.05, 3.63) is 66.2 Å². The van der Waals surface area contributed by atoms with Crippen LogP contribution in [-0.4, -0.2) is 24.3 Å². The van der Waals surface area contributed by atoms with Crippen LogP contribution in [0.1, 0.15) is 24.9 Å². The van der Waals surface area contributed by atoms with Crippen LogP contribution < -0.4 is 26.8 Å². The molecule has 7 heteroatoms. The van der Waals surface area contributed by atoms with Gasteiger partial charge in [0, 0.05) is 6.42 Å². The number of nitrogens with zero attached hydrogens (tertiary/aromatic N) is 2. The Bertz CT molecular complexity index is 777. The predicted octanol–water partition coefficient (Wildman–Crippen LogP) is 1.69. The molecule has 0 radical (unpaired) electrons. The lowest BCUT2D eigenvalue weighted by Gasteiger charge is -2.33. The maximum Gasteiger partial charge on any atom is 0.201 e. The summed E-state index contributed by atoms with van der Waals surface area (Å²) >= 11 is 0. The first-order valence-corrected chi connectivity index (χ1v) is 8.54. The molecule has 26 heavy (non-hydrogen) atoms. The van der Waals surface area contributed by atoms with E-state index in [1.54, 1.807) is 0 Å². The van der Waals surface area contributed by atoms with Gasteiger partial charge < -0.3 is 15.8 Å². The summed E-state index contributed by atoms with van der Waals surface area (Å²) in [4.78, 5) is 8.90. The van der Waals surface area contributed by atoms with Crippen molar-refractivity contribution >= 4 is 11.9 Å². The van der Waals surface area contributed by atoms with E-state index in [-0.39, 0.29) is 12.0 Å². The summed E-state index contributed by atoms with van der Waals surface area (Å²) in [6, 6.07) is 19.5. The molecule has 0 spiro atoms. The summed E-state index contributed by atoms with van der Waals surface area (Å²) < 4.78 is 5.70. The number of aliphatic imine (C=N–C) groups is 2. The average molecular weight is 352 g/mol. The van der Waals surface area contributed by atoms with Gasteiger partial charge in [-0.05, 0) is 24.6 Å². The molecule has 1 heterocycles. The van der Waals surface area contributed by atoms with Crippen molar-refractivity contribution < 1.29 is 4.74 Å². The second-order valence-electron chi connectivity index (χ2n) is 6.15. The van der Waals surface area contributed by atoms with E-state index < -0.39 is 5.79 Å². The van der Waals surface area contributed by atoms with Gasteiger partial charge in [0.05, 0.1) is 12.6 Å². The Morgan fingerprint density at radius 3 is 2.46 bits per heavy atom. The number of hydrogen-bond donors (Lipinski definition) is 4. The van der Waals surface area contributed by atoms with E-state index in [0.717, 1.165) is 11.3 Å². The number of rotatable bonds is 6.